The highest BCUT2D eigenvalue weighted by Gasteiger charge is 2.26. The van der Waals surface area contributed by atoms with Crippen LogP contribution in [0.3, 0.4) is 0 Å². The lowest BCUT2D eigenvalue weighted by atomic mass is 10.1. The van der Waals surface area contributed by atoms with Crippen molar-refractivity contribution in [1.82, 2.24) is 20.1 Å². The molecular formula is C22H32IN5O2S. The summed E-state index contributed by atoms with van der Waals surface area (Å²) < 4.78 is 5.72. The number of morpholine rings is 1. The van der Waals surface area contributed by atoms with Crippen molar-refractivity contribution in [3.05, 3.63) is 51.5 Å². The molecule has 1 aliphatic heterocycles. The minimum absolute atomic E-state index is 0. The van der Waals surface area contributed by atoms with Crippen molar-refractivity contribution in [2.24, 2.45) is 4.99 Å². The van der Waals surface area contributed by atoms with E-state index in [0.29, 0.717) is 31.7 Å². The Morgan fingerprint density at radius 2 is 1.94 bits per heavy atom. The normalized spacial score (nSPS) is 19.0. The summed E-state index contributed by atoms with van der Waals surface area (Å²) in [4.78, 5) is 25.6. The molecule has 1 N–H and O–H groups in total. The molecule has 2 heterocycles. The highest BCUT2D eigenvalue weighted by atomic mass is 127. The quantitative estimate of drug-likeness (QED) is 0.346. The van der Waals surface area contributed by atoms with E-state index in [0.717, 1.165) is 22.2 Å². The second-order valence-corrected chi connectivity index (χ2v) is 8.84. The first-order valence-corrected chi connectivity index (χ1v) is 11.1. The van der Waals surface area contributed by atoms with E-state index in [1.165, 1.54) is 0 Å². The molecule has 1 amide bonds. The van der Waals surface area contributed by atoms with E-state index < -0.39 is 0 Å². The SMILES string of the molecule is CN=C(NCc1ccc(C(=O)N2CC(C)OC(C)C2)cc1)N(C)Cc1csc(C)n1.I. The average molecular weight is 558 g/mol. The number of aryl methyl sites for hydroxylation is 1. The van der Waals surface area contributed by atoms with Gasteiger partial charge in [0.1, 0.15) is 0 Å². The number of rotatable bonds is 5. The number of aromatic nitrogens is 1. The van der Waals surface area contributed by atoms with Crippen molar-refractivity contribution in [3.8, 4) is 0 Å². The molecule has 1 aromatic carbocycles. The van der Waals surface area contributed by atoms with Gasteiger partial charge in [-0.05, 0) is 38.5 Å². The molecule has 1 fully saturated rings. The monoisotopic (exact) mass is 557 g/mol. The second kappa shape index (κ2) is 11.8. The first-order chi connectivity index (χ1) is 14.4. The van der Waals surface area contributed by atoms with E-state index in [4.69, 9.17) is 4.74 Å². The molecule has 2 atom stereocenters. The second-order valence-electron chi connectivity index (χ2n) is 7.78. The van der Waals surface area contributed by atoms with Crippen molar-refractivity contribution in [3.63, 3.8) is 0 Å². The summed E-state index contributed by atoms with van der Waals surface area (Å²) in [7, 11) is 3.77. The van der Waals surface area contributed by atoms with Crippen LogP contribution in [0.1, 0.15) is 40.5 Å². The predicted molar refractivity (Wildman–Crippen MR) is 136 cm³/mol. The van der Waals surface area contributed by atoms with Gasteiger partial charge >= 0.3 is 0 Å². The van der Waals surface area contributed by atoms with Gasteiger partial charge in [0.25, 0.3) is 5.91 Å². The molecule has 2 aromatic rings. The molecule has 0 spiro atoms. The van der Waals surface area contributed by atoms with Crippen LogP contribution in [-0.4, -0.2) is 66.0 Å². The molecule has 9 heteroatoms. The Kier molecular flexibility index (Phi) is 9.70. The summed E-state index contributed by atoms with van der Waals surface area (Å²) in [6.45, 7) is 8.62. The smallest absolute Gasteiger partial charge is 0.254 e. The molecule has 2 unspecified atom stereocenters. The van der Waals surface area contributed by atoms with Crippen LogP contribution < -0.4 is 5.32 Å². The molecular weight excluding hydrogens is 525 g/mol. The Hall–Kier alpha value is -1.72. The van der Waals surface area contributed by atoms with Crippen molar-refractivity contribution in [1.29, 1.82) is 0 Å². The van der Waals surface area contributed by atoms with Crippen LogP contribution in [0.2, 0.25) is 0 Å². The van der Waals surface area contributed by atoms with Crippen molar-refractivity contribution < 1.29 is 9.53 Å². The summed E-state index contributed by atoms with van der Waals surface area (Å²) in [5.41, 5.74) is 2.84. The first-order valence-electron chi connectivity index (χ1n) is 10.2. The van der Waals surface area contributed by atoms with E-state index in [1.807, 2.05) is 61.9 Å². The minimum Gasteiger partial charge on any atom is -0.372 e. The number of halogens is 1. The molecule has 0 bridgehead atoms. The van der Waals surface area contributed by atoms with Gasteiger partial charge in [0.05, 0.1) is 29.5 Å². The lowest BCUT2D eigenvalue weighted by Crippen LogP contribution is -2.48. The maximum absolute atomic E-state index is 12.8. The van der Waals surface area contributed by atoms with Gasteiger partial charge in [-0.15, -0.1) is 35.3 Å². The molecule has 31 heavy (non-hydrogen) atoms. The molecule has 1 aliphatic rings. The van der Waals surface area contributed by atoms with Gasteiger partial charge in [0.15, 0.2) is 5.96 Å². The van der Waals surface area contributed by atoms with Crippen LogP contribution in [0.15, 0.2) is 34.6 Å². The molecule has 0 aliphatic carbocycles. The van der Waals surface area contributed by atoms with Crippen molar-refractivity contribution in [2.75, 3.05) is 27.2 Å². The summed E-state index contributed by atoms with van der Waals surface area (Å²) in [5, 5.41) is 6.52. The number of nitrogens with one attached hydrogen (secondary N) is 1. The molecule has 0 saturated carbocycles. The third-order valence-electron chi connectivity index (χ3n) is 5.00. The van der Waals surface area contributed by atoms with E-state index in [-0.39, 0.29) is 42.1 Å². The predicted octanol–water partition coefficient (Wildman–Crippen LogP) is 3.53. The molecule has 7 nitrogen and oxygen atoms in total. The number of hydrogen-bond donors (Lipinski definition) is 1. The number of hydrogen-bond acceptors (Lipinski definition) is 5. The number of amides is 1. The summed E-state index contributed by atoms with van der Waals surface area (Å²) >= 11 is 1.65. The number of guanidine groups is 1. The fourth-order valence-electron chi connectivity index (χ4n) is 3.66. The Morgan fingerprint density at radius 3 is 2.48 bits per heavy atom. The standard InChI is InChI=1S/C22H31N5O2S.HI/c1-15-11-27(12-16(2)29-15)21(28)19-8-6-18(7-9-19)10-24-22(23-4)26(5)13-20-14-30-17(3)25-20;/h6-9,14-16H,10-13H2,1-5H3,(H,23,24);1H. The van der Waals surface area contributed by atoms with Crippen LogP contribution in [0, 0.1) is 6.92 Å². The van der Waals surface area contributed by atoms with E-state index in [9.17, 15) is 4.79 Å². The highest BCUT2D eigenvalue weighted by molar-refractivity contribution is 14.0. The van der Waals surface area contributed by atoms with Crippen molar-refractivity contribution in [2.45, 2.75) is 46.1 Å². The van der Waals surface area contributed by atoms with Crippen LogP contribution in [0.4, 0.5) is 0 Å². The summed E-state index contributed by atoms with van der Waals surface area (Å²) in [6.07, 6.45) is 0.135. The van der Waals surface area contributed by atoms with Gasteiger partial charge in [-0.3, -0.25) is 9.79 Å². The zero-order chi connectivity index (χ0) is 21.7. The maximum Gasteiger partial charge on any atom is 0.254 e. The van der Waals surface area contributed by atoms with Gasteiger partial charge in [0, 0.05) is 44.7 Å². The lowest BCUT2D eigenvalue weighted by molar-refractivity contribution is -0.0586. The topological polar surface area (TPSA) is 70.1 Å². The Labute approximate surface area is 205 Å². The Morgan fingerprint density at radius 1 is 1.29 bits per heavy atom. The van der Waals surface area contributed by atoms with Gasteiger partial charge in [-0.1, -0.05) is 12.1 Å². The number of benzene rings is 1. The zero-order valence-corrected chi connectivity index (χ0v) is 21.9. The summed E-state index contributed by atoms with van der Waals surface area (Å²) in [6, 6.07) is 7.78. The minimum atomic E-state index is 0. The van der Waals surface area contributed by atoms with Gasteiger partial charge in [0.2, 0.25) is 0 Å². The largest absolute Gasteiger partial charge is 0.372 e. The molecule has 1 aromatic heterocycles. The van der Waals surface area contributed by atoms with Crippen LogP contribution in [-0.2, 0) is 17.8 Å². The average Bonchev–Trinajstić information content (AvgIpc) is 3.12. The van der Waals surface area contributed by atoms with Gasteiger partial charge in [-0.2, -0.15) is 0 Å². The third kappa shape index (κ3) is 7.15. The number of aliphatic imine (C=N–C) groups is 1. The summed E-state index contributed by atoms with van der Waals surface area (Å²) in [5.74, 6) is 0.864. The molecule has 0 radical (unpaired) electrons. The molecule has 170 valence electrons. The van der Waals surface area contributed by atoms with Gasteiger partial charge < -0.3 is 19.9 Å². The number of carbonyl (C=O) groups excluding carboxylic acids is 1. The number of thiazole rings is 1. The zero-order valence-electron chi connectivity index (χ0n) is 18.8. The van der Waals surface area contributed by atoms with Crippen molar-refractivity contribution >= 4 is 47.2 Å². The van der Waals surface area contributed by atoms with E-state index >= 15 is 0 Å². The number of carbonyl (C=O) groups is 1. The Balaban J connectivity index is 0.00000341. The van der Waals surface area contributed by atoms with Crippen LogP contribution in [0.25, 0.3) is 0 Å². The number of ether oxygens (including phenoxy) is 1. The first kappa shape index (κ1) is 25.5. The van der Waals surface area contributed by atoms with Gasteiger partial charge in [-0.25, -0.2) is 4.98 Å². The van der Waals surface area contributed by atoms with E-state index in [1.54, 1.807) is 18.4 Å². The highest BCUT2D eigenvalue weighted by Crippen LogP contribution is 2.15. The Bertz CT molecular complexity index is 876. The lowest BCUT2D eigenvalue weighted by Gasteiger charge is -2.35. The third-order valence-corrected chi connectivity index (χ3v) is 5.82. The maximum atomic E-state index is 12.8. The van der Waals surface area contributed by atoms with E-state index in [2.05, 4.69) is 20.7 Å². The molecule has 1 saturated heterocycles. The van der Waals surface area contributed by atoms with Crippen LogP contribution >= 0.6 is 35.3 Å². The van der Waals surface area contributed by atoms with Crippen LogP contribution in [0.5, 0.6) is 0 Å². The fraction of sp³-hybridized carbons (Fsp3) is 0.500. The fourth-order valence-corrected chi connectivity index (χ4v) is 4.26. The number of nitrogens with zero attached hydrogens (tertiary/aromatic N) is 4. The molecule has 3 rings (SSSR count).